The molecular formula is C30H33F4N5O5. The monoisotopic (exact) mass is 619 g/mol. The van der Waals surface area contributed by atoms with Crippen molar-refractivity contribution in [1.82, 2.24) is 15.1 Å². The highest BCUT2D eigenvalue weighted by atomic mass is 19.4. The average molecular weight is 620 g/mol. The van der Waals surface area contributed by atoms with Gasteiger partial charge in [0.15, 0.2) is 5.82 Å². The molecule has 10 nitrogen and oxygen atoms in total. The van der Waals surface area contributed by atoms with Crippen molar-refractivity contribution in [1.29, 1.82) is 5.26 Å². The van der Waals surface area contributed by atoms with Crippen LogP contribution in [0.1, 0.15) is 69.3 Å². The number of benzene rings is 1. The number of nitrogens with one attached hydrogen (secondary N) is 2. The van der Waals surface area contributed by atoms with Crippen molar-refractivity contribution in [3.05, 3.63) is 23.5 Å². The molecule has 1 saturated heterocycles. The van der Waals surface area contributed by atoms with Crippen LogP contribution in [0.25, 0.3) is 0 Å². The van der Waals surface area contributed by atoms with E-state index in [0.29, 0.717) is 0 Å². The molecule has 0 bridgehead atoms. The first-order valence-electron chi connectivity index (χ1n) is 15.0. The van der Waals surface area contributed by atoms with Crippen LogP contribution < -0.4 is 15.4 Å². The maximum absolute atomic E-state index is 14.9. The lowest BCUT2D eigenvalue weighted by Gasteiger charge is -2.36. The molecule has 4 amide bonds. The van der Waals surface area contributed by atoms with Gasteiger partial charge in [0.25, 0.3) is 5.91 Å². The van der Waals surface area contributed by atoms with Crippen molar-refractivity contribution in [3.63, 3.8) is 0 Å². The molecule has 0 radical (unpaired) electrons. The van der Waals surface area contributed by atoms with E-state index in [1.54, 1.807) is 6.07 Å². The lowest BCUT2D eigenvalue weighted by atomic mass is 9.96. The Morgan fingerprint density at radius 3 is 2.41 bits per heavy atom. The maximum atomic E-state index is 14.9. The van der Waals surface area contributed by atoms with Gasteiger partial charge in [0, 0.05) is 13.5 Å². The molecule has 3 saturated carbocycles. The molecule has 3 aliphatic carbocycles. The van der Waals surface area contributed by atoms with Crippen molar-refractivity contribution in [3.8, 4) is 11.8 Å². The molecule has 1 aromatic carbocycles. The second-order valence-corrected chi connectivity index (χ2v) is 12.9. The van der Waals surface area contributed by atoms with Crippen molar-refractivity contribution < 1.29 is 41.5 Å². The number of alkyl halides is 3. The molecule has 1 spiro atoms. The lowest BCUT2D eigenvalue weighted by molar-refractivity contribution is -0.175. The Morgan fingerprint density at radius 2 is 1.82 bits per heavy atom. The van der Waals surface area contributed by atoms with Gasteiger partial charge in [-0.1, -0.05) is 25.7 Å². The molecule has 6 rings (SSSR count). The smallest absolute Gasteiger partial charge is 0.471 e. The maximum Gasteiger partial charge on any atom is 0.471 e. The van der Waals surface area contributed by atoms with Crippen LogP contribution >= 0.6 is 0 Å². The number of hydrogen-bond donors (Lipinski definition) is 2. The Balaban J connectivity index is 1.24. The number of nitriles is 1. The van der Waals surface area contributed by atoms with E-state index in [0.717, 1.165) is 49.0 Å². The summed E-state index contributed by atoms with van der Waals surface area (Å²) in [5, 5.41) is 14.4. The van der Waals surface area contributed by atoms with Crippen LogP contribution in [0.15, 0.2) is 12.1 Å². The van der Waals surface area contributed by atoms with E-state index in [-0.39, 0.29) is 55.0 Å². The summed E-state index contributed by atoms with van der Waals surface area (Å²) < 4.78 is 60.2. The second kappa shape index (κ2) is 10.9. The number of fused-ring (bicyclic) bond motifs is 1. The van der Waals surface area contributed by atoms with Gasteiger partial charge in [-0.15, -0.1) is 0 Å². The zero-order valence-corrected chi connectivity index (χ0v) is 24.1. The Hall–Kier alpha value is -3.89. The zero-order chi connectivity index (χ0) is 31.6. The number of likely N-dealkylation sites (N-methyl/N-ethyl adjacent to an activating group) is 1. The van der Waals surface area contributed by atoms with Crippen molar-refractivity contribution >= 4 is 29.3 Å². The molecule has 2 N–H and O–H groups in total. The number of halogens is 4. The van der Waals surface area contributed by atoms with Crippen LogP contribution in [0.3, 0.4) is 0 Å². The van der Waals surface area contributed by atoms with Crippen molar-refractivity contribution in [2.75, 3.05) is 18.9 Å². The first-order chi connectivity index (χ1) is 20.8. The molecule has 14 heteroatoms. The van der Waals surface area contributed by atoms with E-state index in [1.807, 2.05) is 11.4 Å². The van der Waals surface area contributed by atoms with E-state index in [4.69, 9.17) is 4.74 Å². The Bertz CT molecular complexity index is 1430. The van der Waals surface area contributed by atoms with Gasteiger partial charge in [0.1, 0.15) is 29.6 Å². The highest BCUT2D eigenvalue weighted by Gasteiger charge is 2.57. The molecule has 4 unspecified atom stereocenters. The average Bonchev–Trinajstić information content (AvgIpc) is 3.82. The van der Waals surface area contributed by atoms with Crippen LogP contribution in [-0.4, -0.2) is 76.9 Å². The van der Waals surface area contributed by atoms with Crippen LogP contribution in [-0.2, 0) is 19.2 Å². The molecule has 236 valence electrons. The van der Waals surface area contributed by atoms with Gasteiger partial charge in [-0.05, 0) is 61.1 Å². The summed E-state index contributed by atoms with van der Waals surface area (Å²) in [7, 11) is 1.31. The topological polar surface area (TPSA) is 132 Å². The van der Waals surface area contributed by atoms with Crippen molar-refractivity contribution in [2.45, 2.75) is 93.6 Å². The minimum absolute atomic E-state index is 0.00973. The first-order valence-corrected chi connectivity index (χ1v) is 15.0. The highest BCUT2D eigenvalue weighted by molar-refractivity contribution is 6.02. The summed E-state index contributed by atoms with van der Waals surface area (Å²) in [4.78, 5) is 55.0. The molecule has 0 aromatic heterocycles. The Labute approximate surface area is 251 Å². The van der Waals surface area contributed by atoms with E-state index in [1.165, 1.54) is 18.0 Å². The summed E-state index contributed by atoms with van der Waals surface area (Å²) in [6.45, 7) is -0.343. The number of carbonyl (C=O) groups is 4. The van der Waals surface area contributed by atoms with Gasteiger partial charge in [0.05, 0.1) is 12.6 Å². The summed E-state index contributed by atoms with van der Waals surface area (Å²) in [5.41, 5.74) is -1.05. The minimum Gasteiger partial charge on any atom is -0.473 e. The van der Waals surface area contributed by atoms with E-state index < -0.39 is 59.3 Å². The Morgan fingerprint density at radius 1 is 1.16 bits per heavy atom. The predicted molar refractivity (Wildman–Crippen MR) is 145 cm³/mol. The normalized spacial score (nSPS) is 25.8. The third-order valence-electron chi connectivity index (χ3n) is 9.32. The summed E-state index contributed by atoms with van der Waals surface area (Å²) >= 11 is 0. The second-order valence-electron chi connectivity index (χ2n) is 12.9. The number of anilines is 1. The Kier molecular flexibility index (Phi) is 7.49. The molecule has 4 fully saturated rings. The number of likely N-dealkylation sites (tertiary alicyclic amines) is 1. The minimum atomic E-state index is -5.19. The fourth-order valence-electron chi connectivity index (χ4n) is 6.23. The molecule has 4 atom stereocenters. The zero-order valence-electron chi connectivity index (χ0n) is 24.1. The molecule has 2 aliphatic heterocycles. The van der Waals surface area contributed by atoms with Gasteiger partial charge in [0.2, 0.25) is 17.4 Å². The number of ether oxygens (including phenoxy) is 1. The molecular weight excluding hydrogens is 586 g/mol. The van der Waals surface area contributed by atoms with Gasteiger partial charge < -0.3 is 25.2 Å². The number of hydrogen-bond acceptors (Lipinski definition) is 6. The predicted octanol–water partition coefficient (Wildman–Crippen LogP) is 3.37. The van der Waals surface area contributed by atoms with Gasteiger partial charge in [-0.2, -0.15) is 18.4 Å². The van der Waals surface area contributed by atoms with E-state index >= 15 is 0 Å². The van der Waals surface area contributed by atoms with Gasteiger partial charge in [-0.25, -0.2) is 4.39 Å². The SMILES string of the molecule is CN(C(=O)C(CC1CC1)NC(=O)C(F)(F)F)C(CC1CC1)C(=O)N1CC2(CC1C#N)Oc1cc(C3CC3)cc(F)c1NC2=O. The summed E-state index contributed by atoms with van der Waals surface area (Å²) in [6, 6.07) is 1.32. The largest absolute Gasteiger partial charge is 0.473 e. The van der Waals surface area contributed by atoms with E-state index in [2.05, 4.69) is 5.32 Å². The summed E-state index contributed by atoms with van der Waals surface area (Å²) in [5.74, 6) is -4.68. The van der Waals surface area contributed by atoms with Crippen LogP contribution in [0.2, 0.25) is 0 Å². The molecule has 2 heterocycles. The number of nitrogens with zero attached hydrogens (tertiary/aromatic N) is 3. The van der Waals surface area contributed by atoms with Crippen LogP contribution in [0.5, 0.6) is 5.75 Å². The fraction of sp³-hybridized carbons (Fsp3) is 0.633. The van der Waals surface area contributed by atoms with Crippen LogP contribution in [0.4, 0.5) is 23.2 Å². The van der Waals surface area contributed by atoms with Crippen molar-refractivity contribution in [2.24, 2.45) is 11.8 Å². The van der Waals surface area contributed by atoms with Gasteiger partial charge in [-0.3, -0.25) is 19.2 Å². The van der Waals surface area contributed by atoms with Gasteiger partial charge >= 0.3 is 12.1 Å². The standard InChI is InChI=1S/C30H33F4N5O5/c1-38(25(40)21(8-15-2-3-15)36-28(43)30(32,33)34)22(9-16-4-5-16)26(41)39-14-29(12-19(39)13-35)27(42)37-24-20(31)10-18(17-6-7-17)11-23(24)44-29/h10-11,15-17,19,21-22H,2-9,12,14H2,1H3,(H,36,43)(H,37,42). The third-order valence-corrected chi connectivity index (χ3v) is 9.32. The number of amides is 4. The fourth-order valence-corrected chi connectivity index (χ4v) is 6.23. The summed E-state index contributed by atoms with van der Waals surface area (Å²) in [6.07, 6.45) is -0.322. The lowest BCUT2D eigenvalue weighted by Crippen LogP contribution is -2.58. The highest BCUT2D eigenvalue weighted by Crippen LogP contribution is 2.47. The quantitative estimate of drug-likeness (QED) is 0.408. The third kappa shape index (κ3) is 5.93. The van der Waals surface area contributed by atoms with Crippen LogP contribution in [0, 0.1) is 29.0 Å². The number of rotatable bonds is 9. The molecule has 1 aromatic rings. The first kappa shape index (κ1) is 30.1. The number of carbonyl (C=O) groups excluding carboxylic acids is 4. The molecule has 44 heavy (non-hydrogen) atoms. The van der Waals surface area contributed by atoms with E-state index in [9.17, 15) is 42.0 Å². The molecule has 5 aliphatic rings.